The number of nitrogens with zero attached hydrogens (tertiary/aromatic N) is 1. The molecule has 0 unspecified atom stereocenters. The molecule has 86 valence electrons. The SMILES string of the molecule is C=C(Cl)CN1CCCNC2(CCCC2)C1. The molecule has 1 saturated carbocycles. The van der Waals surface area contributed by atoms with Crippen LogP contribution in [0.4, 0.5) is 0 Å². The largest absolute Gasteiger partial charge is 0.310 e. The smallest absolute Gasteiger partial charge is 0.0336 e. The predicted molar refractivity (Wildman–Crippen MR) is 65.3 cm³/mol. The monoisotopic (exact) mass is 228 g/mol. The molecular formula is C12H21ClN2. The molecule has 2 nitrogen and oxygen atoms in total. The van der Waals surface area contributed by atoms with Crippen molar-refractivity contribution >= 4 is 11.6 Å². The summed E-state index contributed by atoms with van der Waals surface area (Å²) in [4.78, 5) is 2.46. The minimum absolute atomic E-state index is 0.392. The van der Waals surface area contributed by atoms with Crippen molar-refractivity contribution in [1.29, 1.82) is 0 Å². The molecule has 0 amide bonds. The van der Waals surface area contributed by atoms with E-state index < -0.39 is 0 Å². The van der Waals surface area contributed by atoms with Gasteiger partial charge in [-0.25, -0.2) is 0 Å². The van der Waals surface area contributed by atoms with E-state index >= 15 is 0 Å². The van der Waals surface area contributed by atoms with Crippen molar-refractivity contribution in [3.05, 3.63) is 11.6 Å². The highest BCUT2D eigenvalue weighted by atomic mass is 35.5. The van der Waals surface area contributed by atoms with Gasteiger partial charge in [-0.15, -0.1) is 0 Å². The molecule has 1 saturated heterocycles. The van der Waals surface area contributed by atoms with Crippen LogP contribution in [0.1, 0.15) is 32.1 Å². The zero-order valence-electron chi connectivity index (χ0n) is 9.40. The molecule has 3 heteroatoms. The Bertz CT molecular complexity index is 234. The van der Waals surface area contributed by atoms with Crippen LogP contribution in [0, 0.1) is 0 Å². The minimum Gasteiger partial charge on any atom is -0.310 e. The van der Waals surface area contributed by atoms with Crippen LogP contribution in [-0.4, -0.2) is 36.6 Å². The molecule has 1 spiro atoms. The standard InChI is InChI=1S/C12H21ClN2/c1-11(13)9-15-8-4-7-14-12(10-15)5-2-3-6-12/h14H,1-10H2. The average molecular weight is 229 g/mol. The highest BCUT2D eigenvalue weighted by Gasteiger charge is 2.36. The van der Waals surface area contributed by atoms with Crippen molar-refractivity contribution in [3.63, 3.8) is 0 Å². The second-order valence-corrected chi connectivity index (χ2v) is 5.53. The number of nitrogens with one attached hydrogen (secondary N) is 1. The molecule has 0 aromatic rings. The summed E-state index contributed by atoms with van der Waals surface area (Å²) < 4.78 is 0. The topological polar surface area (TPSA) is 15.3 Å². The molecule has 1 N–H and O–H groups in total. The van der Waals surface area contributed by atoms with Gasteiger partial charge in [0.25, 0.3) is 0 Å². The molecule has 1 aliphatic heterocycles. The van der Waals surface area contributed by atoms with E-state index in [4.69, 9.17) is 11.6 Å². The Morgan fingerprint density at radius 3 is 2.73 bits per heavy atom. The van der Waals surface area contributed by atoms with Gasteiger partial charge < -0.3 is 5.32 Å². The van der Waals surface area contributed by atoms with Crippen LogP contribution in [0.15, 0.2) is 11.6 Å². The molecular weight excluding hydrogens is 208 g/mol. The van der Waals surface area contributed by atoms with Crippen molar-refractivity contribution in [1.82, 2.24) is 10.2 Å². The summed E-state index contributed by atoms with van der Waals surface area (Å²) in [5.74, 6) is 0. The van der Waals surface area contributed by atoms with Crippen molar-refractivity contribution in [2.45, 2.75) is 37.6 Å². The Balaban J connectivity index is 1.98. The van der Waals surface area contributed by atoms with E-state index in [1.807, 2.05) is 0 Å². The van der Waals surface area contributed by atoms with E-state index in [1.165, 1.54) is 32.1 Å². The Morgan fingerprint density at radius 1 is 1.33 bits per heavy atom. The third-order valence-corrected chi connectivity index (χ3v) is 3.75. The summed E-state index contributed by atoms with van der Waals surface area (Å²) in [6.45, 7) is 8.11. The second kappa shape index (κ2) is 4.86. The van der Waals surface area contributed by atoms with Crippen LogP contribution in [0.25, 0.3) is 0 Å². The first-order valence-electron chi connectivity index (χ1n) is 6.01. The maximum absolute atomic E-state index is 5.90. The molecule has 1 heterocycles. The first-order chi connectivity index (χ1) is 7.20. The maximum Gasteiger partial charge on any atom is 0.0336 e. The van der Waals surface area contributed by atoms with Crippen molar-refractivity contribution < 1.29 is 0 Å². The van der Waals surface area contributed by atoms with Gasteiger partial charge in [0.1, 0.15) is 0 Å². The molecule has 0 aromatic heterocycles. The number of hydrogen-bond donors (Lipinski definition) is 1. The van der Waals surface area contributed by atoms with Crippen LogP contribution in [0.3, 0.4) is 0 Å². The Kier molecular flexibility index (Phi) is 3.70. The van der Waals surface area contributed by atoms with E-state index in [0.29, 0.717) is 5.54 Å². The van der Waals surface area contributed by atoms with Gasteiger partial charge in [0, 0.05) is 23.7 Å². The third kappa shape index (κ3) is 2.96. The van der Waals surface area contributed by atoms with Crippen LogP contribution in [0.5, 0.6) is 0 Å². The summed E-state index contributed by atoms with van der Waals surface area (Å²) in [5, 5.41) is 4.51. The van der Waals surface area contributed by atoms with Gasteiger partial charge in [0.05, 0.1) is 0 Å². The lowest BCUT2D eigenvalue weighted by Gasteiger charge is -2.33. The lowest BCUT2D eigenvalue weighted by molar-refractivity contribution is 0.225. The quantitative estimate of drug-likeness (QED) is 0.781. The summed E-state index contributed by atoms with van der Waals surface area (Å²) in [6, 6.07) is 0. The molecule has 2 rings (SSSR count). The zero-order chi connectivity index (χ0) is 10.7. The van der Waals surface area contributed by atoms with Crippen LogP contribution in [-0.2, 0) is 0 Å². The van der Waals surface area contributed by atoms with Crippen molar-refractivity contribution in [3.8, 4) is 0 Å². The normalized spacial score (nSPS) is 26.7. The van der Waals surface area contributed by atoms with Crippen LogP contribution < -0.4 is 5.32 Å². The fourth-order valence-corrected chi connectivity index (χ4v) is 3.15. The van der Waals surface area contributed by atoms with Crippen molar-refractivity contribution in [2.24, 2.45) is 0 Å². The summed E-state index contributed by atoms with van der Waals surface area (Å²) in [6.07, 6.45) is 6.65. The lowest BCUT2D eigenvalue weighted by atomic mass is 9.97. The van der Waals surface area contributed by atoms with Gasteiger partial charge in [-0.05, 0) is 32.4 Å². The van der Waals surface area contributed by atoms with E-state index in [2.05, 4.69) is 16.8 Å². The van der Waals surface area contributed by atoms with Gasteiger partial charge in [-0.3, -0.25) is 4.90 Å². The lowest BCUT2D eigenvalue weighted by Crippen LogP contribution is -2.49. The molecule has 0 radical (unpaired) electrons. The predicted octanol–water partition coefficient (Wildman–Crippen LogP) is 2.35. The average Bonchev–Trinajstić information content (AvgIpc) is 2.50. The van der Waals surface area contributed by atoms with E-state index in [9.17, 15) is 0 Å². The first-order valence-corrected chi connectivity index (χ1v) is 6.39. The maximum atomic E-state index is 5.90. The van der Waals surface area contributed by atoms with Gasteiger partial charge in [0.2, 0.25) is 0 Å². The van der Waals surface area contributed by atoms with Gasteiger partial charge in [0.15, 0.2) is 0 Å². The molecule has 2 fully saturated rings. The first kappa shape index (κ1) is 11.4. The van der Waals surface area contributed by atoms with Gasteiger partial charge in [-0.1, -0.05) is 31.0 Å². The zero-order valence-corrected chi connectivity index (χ0v) is 10.2. The van der Waals surface area contributed by atoms with E-state index in [-0.39, 0.29) is 0 Å². The number of hydrogen-bond acceptors (Lipinski definition) is 2. The second-order valence-electron chi connectivity index (χ2n) is 5.00. The summed E-state index contributed by atoms with van der Waals surface area (Å²) >= 11 is 5.90. The summed E-state index contributed by atoms with van der Waals surface area (Å²) in [5.41, 5.74) is 0.392. The fraction of sp³-hybridized carbons (Fsp3) is 0.833. The van der Waals surface area contributed by atoms with E-state index in [0.717, 1.165) is 31.2 Å². The van der Waals surface area contributed by atoms with Gasteiger partial charge >= 0.3 is 0 Å². The molecule has 2 aliphatic rings. The Morgan fingerprint density at radius 2 is 2.07 bits per heavy atom. The van der Waals surface area contributed by atoms with E-state index in [1.54, 1.807) is 0 Å². The molecule has 0 aromatic carbocycles. The highest BCUT2D eigenvalue weighted by Crippen LogP contribution is 2.31. The minimum atomic E-state index is 0.392. The Hall–Kier alpha value is -0.0500. The molecule has 1 aliphatic carbocycles. The highest BCUT2D eigenvalue weighted by molar-refractivity contribution is 6.29. The van der Waals surface area contributed by atoms with Gasteiger partial charge in [-0.2, -0.15) is 0 Å². The molecule has 0 bridgehead atoms. The van der Waals surface area contributed by atoms with Crippen LogP contribution >= 0.6 is 11.6 Å². The van der Waals surface area contributed by atoms with Crippen molar-refractivity contribution in [2.75, 3.05) is 26.2 Å². The summed E-state index contributed by atoms with van der Waals surface area (Å²) in [7, 11) is 0. The van der Waals surface area contributed by atoms with Crippen LogP contribution in [0.2, 0.25) is 0 Å². The number of halogens is 1. The Labute approximate surface area is 97.7 Å². The molecule has 15 heavy (non-hydrogen) atoms. The molecule has 0 atom stereocenters. The fourth-order valence-electron chi connectivity index (χ4n) is 2.98. The third-order valence-electron chi connectivity index (χ3n) is 3.63. The number of rotatable bonds is 2.